The molecule has 2 aromatic carbocycles. The molecule has 1 fully saturated rings. The molecule has 0 saturated heterocycles. The summed E-state index contributed by atoms with van der Waals surface area (Å²) >= 11 is 0. The normalized spacial score (nSPS) is 15.9. The monoisotopic (exact) mass is 358 g/mol. The highest BCUT2D eigenvalue weighted by Gasteiger charge is 2.38. The van der Waals surface area contributed by atoms with Crippen molar-refractivity contribution in [3.8, 4) is 0 Å². The van der Waals surface area contributed by atoms with Gasteiger partial charge in [0.25, 0.3) is 0 Å². The minimum absolute atomic E-state index is 0.0685. The van der Waals surface area contributed by atoms with E-state index in [-0.39, 0.29) is 10.9 Å². The standard InChI is InChI=1S/C19H22N2O3S/c1-14(16-7-8-16)21(13-15-5-3-2-4-6-15)25(23,24)18-11-9-17(10-12-18)19(20)22/h2-6,9-12,14,16H,7-8,13H2,1H3,(H2,20,22)/t14-/m1/s1. The van der Waals surface area contributed by atoms with E-state index in [4.69, 9.17) is 5.73 Å². The van der Waals surface area contributed by atoms with Gasteiger partial charge in [-0.3, -0.25) is 4.79 Å². The summed E-state index contributed by atoms with van der Waals surface area (Å²) in [6.07, 6.45) is 2.12. The van der Waals surface area contributed by atoms with Crippen molar-refractivity contribution < 1.29 is 13.2 Å². The largest absolute Gasteiger partial charge is 0.366 e. The van der Waals surface area contributed by atoms with Crippen molar-refractivity contribution in [3.63, 3.8) is 0 Å². The average Bonchev–Trinajstić information content (AvgIpc) is 3.45. The van der Waals surface area contributed by atoms with Crippen molar-refractivity contribution in [3.05, 3.63) is 65.7 Å². The summed E-state index contributed by atoms with van der Waals surface area (Å²) < 4.78 is 28.0. The van der Waals surface area contributed by atoms with Gasteiger partial charge in [-0.1, -0.05) is 30.3 Å². The van der Waals surface area contributed by atoms with E-state index in [0.29, 0.717) is 18.0 Å². The van der Waals surface area contributed by atoms with E-state index in [0.717, 1.165) is 18.4 Å². The third-order valence-corrected chi connectivity index (χ3v) is 6.63. The van der Waals surface area contributed by atoms with Crippen LogP contribution in [0.15, 0.2) is 59.5 Å². The van der Waals surface area contributed by atoms with Gasteiger partial charge in [-0.05, 0) is 55.5 Å². The van der Waals surface area contributed by atoms with Crippen molar-refractivity contribution in [2.24, 2.45) is 11.7 Å². The van der Waals surface area contributed by atoms with Crippen molar-refractivity contribution in [2.45, 2.75) is 37.2 Å². The van der Waals surface area contributed by atoms with Crippen molar-refractivity contribution >= 4 is 15.9 Å². The van der Waals surface area contributed by atoms with Gasteiger partial charge < -0.3 is 5.73 Å². The Labute approximate surface area is 148 Å². The first-order valence-corrected chi connectivity index (χ1v) is 9.79. The number of carbonyl (C=O) groups is 1. The zero-order chi connectivity index (χ0) is 18.0. The topological polar surface area (TPSA) is 80.5 Å². The molecule has 0 aromatic heterocycles. The van der Waals surface area contributed by atoms with Crippen LogP contribution in [0.1, 0.15) is 35.7 Å². The Morgan fingerprint density at radius 2 is 1.72 bits per heavy atom. The molecule has 2 aromatic rings. The molecule has 0 spiro atoms. The highest BCUT2D eigenvalue weighted by Crippen LogP contribution is 2.37. The van der Waals surface area contributed by atoms with Gasteiger partial charge >= 0.3 is 0 Å². The number of carbonyl (C=O) groups excluding carboxylic acids is 1. The molecule has 6 heteroatoms. The lowest BCUT2D eigenvalue weighted by atomic mass is 10.2. The highest BCUT2D eigenvalue weighted by molar-refractivity contribution is 7.89. The first-order valence-electron chi connectivity index (χ1n) is 8.35. The van der Waals surface area contributed by atoms with E-state index in [9.17, 15) is 13.2 Å². The van der Waals surface area contributed by atoms with Crippen LogP contribution in [-0.4, -0.2) is 24.7 Å². The van der Waals surface area contributed by atoms with E-state index in [1.54, 1.807) is 4.31 Å². The smallest absolute Gasteiger partial charge is 0.248 e. The van der Waals surface area contributed by atoms with Gasteiger partial charge in [-0.15, -0.1) is 0 Å². The van der Waals surface area contributed by atoms with Crippen LogP contribution in [0, 0.1) is 5.92 Å². The van der Waals surface area contributed by atoms with E-state index in [1.165, 1.54) is 24.3 Å². The van der Waals surface area contributed by atoms with Crippen LogP contribution in [0.5, 0.6) is 0 Å². The Morgan fingerprint density at radius 3 is 2.24 bits per heavy atom. The molecule has 0 unspecified atom stereocenters. The van der Waals surface area contributed by atoms with E-state index < -0.39 is 15.9 Å². The maximum absolute atomic E-state index is 13.2. The second-order valence-electron chi connectivity index (χ2n) is 6.50. The summed E-state index contributed by atoms with van der Waals surface area (Å²) in [4.78, 5) is 11.4. The number of primary amides is 1. The lowest BCUT2D eigenvalue weighted by molar-refractivity contribution is 0.1000. The van der Waals surface area contributed by atoms with Gasteiger partial charge in [0.05, 0.1) is 4.90 Å². The summed E-state index contributed by atoms with van der Waals surface area (Å²) in [6.45, 7) is 2.30. The minimum atomic E-state index is -3.66. The highest BCUT2D eigenvalue weighted by atomic mass is 32.2. The van der Waals surface area contributed by atoms with Gasteiger partial charge in [0, 0.05) is 18.2 Å². The second kappa shape index (κ2) is 6.98. The van der Waals surface area contributed by atoms with Crippen LogP contribution >= 0.6 is 0 Å². The molecular weight excluding hydrogens is 336 g/mol. The molecule has 1 atom stereocenters. The fraction of sp³-hybridized carbons (Fsp3) is 0.316. The molecule has 0 aliphatic heterocycles. The molecule has 1 aliphatic rings. The van der Waals surface area contributed by atoms with Crippen molar-refractivity contribution in [1.82, 2.24) is 4.31 Å². The van der Waals surface area contributed by atoms with Gasteiger partial charge in [-0.25, -0.2) is 8.42 Å². The SMILES string of the molecule is C[C@H](C1CC1)N(Cc1ccccc1)S(=O)(=O)c1ccc(C(N)=O)cc1. The Balaban J connectivity index is 1.94. The first kappa shape index (κ1) is 17.6. The number of benzene rings is 2. The first-order chi connectivity index (χ1) is 11.9. The van der Waals surface area contributed by atoms with Crippen LogP contribution in [-0.2, 0) is 16.6 Å². The predicted molar refractivity (Wildman–Crippen MR) is 96.3 cm³/mol. The lowest BCUT2D eigenvalue weighted by Crippen LogP contribution is -2.39. The fourth-order valence-corrected chi connectivity index (χ4v) is 4.63. The number of amides is 1. The summed E-state index contributed by atoms with van der Waals surface area (Å²) in [6, 6.07) is 15.3. The Morgan fingerprint density at radius 1 is 1.12 bits per heavy atom. The number of rotatable bonds is 7. The number of hydrogen-bond donors (Lipinski definition) is 1. The average molecular weight is 358 g/mol. The molecule has 1 aliphatic carbocycles. The number of nitrogens with two attached hydrogens (primary N) is 1. The third-order valence-electron chi connectivity index (χ3n) is 4.69. The molecule has 1 amide bonds. The predicted octanol–water partition coefficient (Wildman–Crippen LogP) is 2.77. The number of hydrogen-bond acceptors (Lipinski definition) is 3. The summed E-state index contributed by atoms with van der Waals surface area (Å²) in [5.74, 6) is -0.167. The van der Waals surface area contributed by atoms with Gasteiger partial charge in [0.15, 0.2) is 0 Å². The molecule has 0 heterocycles. The second-order valence-corrected chi connectivity index (χ2v) is 8.39. The van der Waals surface area contributed by atoms with Crippen LogP contribution in [0.4, 0.5) is 0 Å². The van der Waals surface area contributed by atoms with Crippen LogP contribution in [0.25, 0.3) is 0 Å². The maximum Gasteiger partial charge on any atom is 0.248 e. The van der Waals surface area contributed by atoms with E-state index >= 15 is 0 Å². The fourth-order valence-electron chi connectivity index (χ4n) is 2.95. The Kier molecular flexibility index (Phi) is 4.92. The molecule has 0 radical (unpaired) electrons. The molecule has 0 bridgehead atoms. The molecule has 3 rings (SSSR count). The van der Waals surface area contributed by atoms with Crippen molar-refractivity contribution in [1.29, 1.82) is 0 Å². The molecular formula is C19H22N2O3S. The number of nitrogens with zero attached hydrogens (tertiary/aromatic N) is 1. The van der Waals surface area contributed by atoms with E-state index in [2.05, 4.69) is 0 Å². The minimum Gasteiger partial charge on any atom is -0.366 e. The van der Waals surface area contributed by atoms with Crippen LogP contribution in [0.2, 0.25) is 0 Å². The zero-order valence-corrected chi connectivity index (χ0v) is 14.9. The van der Waals surface area contributed by atoms with Crippen LogP contribution in [0.3, 0.4) is 0 Å². The summed E-state index contributed by atoms with van der Waals surface area (Å²) in [7, 11) is -3.66. The van der Waals surface area contributed by atoms with Gasteiger partial charge in [-0.2, -0.15) is 4.31 Å². The molecule has 25 heavy (non-hydrogen) atoms. The third kappa shape index (κ3) is 3.91. The molecule has 132 valence electrons. The molecule has 2 N–H and O–H groups in total. The Bertz CT molecular complexity index is 844. The number of sulfonamides is 1. The summed E-state index contributed by atoms with van der Waals surface area (Å²) in [5.41, 5.74) is 6.48. The van der Waals surface area contributed by atoms with Crippen LogP contribution < -0.4 is 5.73 Å². The Hall–Kier alpha value is -2.18. The van der Waals surface area contributed by atoms with Gasteiger partial charge in [0.1, 0.15) is 0 Å². The molecule has 1 saturated carbocycles. The summed E-state index contributed by atoms with van der Waals surface area (Å²) in [5, 5.41) is 0. The van der Waals surface area contributed by atoms with E-state index in [1.807, 2.05) is 37.3 Å². The maximum atomic E-state index is 13.2. The van der Waals surface area contributed by atoms with Gasteiger partial charge in [0.2, 0.25) is 15.9 Å². The van der Waals surface area contributed by atoms with Crippen molar-refractivity contribution in [2.75, 3.05) is 0 Å². The lowest BCUT2D eigenvalue weighted by Gasteiger charge is -2.28. The molecule has 5 nitrogen and oxygen atoms in total. The quantitative estimate of drug-likeness (QED) is 0.826. The zero-order valence-electron chi connectivity index (χ0n) is 14.1.